The molecule has 0 unspecified atom stereocenters. The molecule has 7 nitrogen and oxygen atoms in total. The second kappa shape index (κ2) is 8.62. The maximum Gasteiger partial charge on any atom is 0.229 e. The van der Waals surface area contributed by atoms with Crippen LogP contribution in [0.1, 0.15) is 47.7 Å². The topological polar surface area (TPSA) is 81.8 Å². The minimum absolute atomic E-state index is 0.435. The van der Waals surface area contributed by atoms with Crippen molar-refractivity contribution in [2.45, 2.75) is 46.1 Å². The Morgan fingerprint density at radius 1 is 1.10 bits per heavy atom. The Labute approximate surface area is 182 Å². The lowest BCUT2D eigenvalue weighted by atomic mass is 9.91. The molecular weight excluding hydrogens is 398 g/mol. The zero-order valence-electron chi connectivity index (χ0n) is 17.9. The third-order valence-corrected chi connectivity index (χ3v) is 5.96. The van der Waals surface area contributed by atoms with Gasteiger partial charge in [-0.1, -0.05) is 24.1 Å². The van der Waals surface area contributed by atoms with Gasteiger partial charge in [-0.3, -0.25) is 10.00 Å². The molecule has 8 heteroatoms. The molecule has 158 valence electrons. The van der Waals surface area contributed by atoms with Gasteiger partial charge in [-0.2, -0.15) is 10.1 Å². The van der Waals surface area contributed by atoms with Crippen LogP contribution >= 0.6 is 11.6 Å². The number of rotatable bonds is 5. The molecule has 0 saturated carbocycles. The van der Waals surface area contributed by atoms with Gasteiger partial charge in [0.25, 0.3) is 0 Å². The van der Waals surface area contributed by atoms with Crippen LogP contribution in [0, 0.1) is 20.8 Å². The van der Waals surface area contributed by atoms with Gasteiger partial charge in [0.1, 0.15) is 5.02 Å². The first-order valence-electron chi connectivity index (χ1n) is 10.3. The lowest BCUT2D eigenvalue weighted by Gasteiger charge is -2.34. The van der Waals surface area contributed by atoms with Crippen molar-refractivity contribution < 1.29 is 0 Å². The van der Waals surface area contributed by atoms with Crippen molar-refractivity contribution in [3.8, 4) is 0 Å². The first-order valence-corrected chi connectivity index (χ1v) is 10.7. The molecular formula is C22H28ClN7. The van der Waals surface area contributed by atoms with Crippen LogP contribution in [0.2, 0.25) is 5.02 Å². The minimum Gasteiger partial charge on any atom is -0.324 e. The molecule has 1 saturated heterocycles. The molecule has 0 spiro atoms. The summed E-state index contributed by atoms with van der Waals surface area (Å²) in [5.74, 6) is 1.65. The Hall–Kier alpha value is -2.64. The number of aromatic nitrogens is 4. The normalized spacial score (nSPS) is 17.2. The van der Waals surface area contributed by atoms with E-state index in [2.05, 4.69) is 68.7 Å². The standard InChI is InChI=1S/C22H28ClN7/c1-13-10-18(14(2)9-16(13)19-7-5-6-8-30(19)4)25-22-24-12-17(23)21(27-22)26-20-11-15(3)28-29-20/h9-12,19H,5-8H2,1-4H3,(H3,24,25,26,27,28,29)/t19-/m0/s1. The quantitative estimate of drug-likeness (QED) is 0.506. The number of likely N-dealkylation sites (tertiary alicyclic amines) is 1. The average Bonchev–Trinajstić information content (AvgIpc) is 3.12. The smallest absolute Gasteiger partial charge is 0.229 e. The van der Waals surface area contributed by atoms with E-state index in [9.17, 15) is 0 Å². The monoisotopic (exact) mass is 425 g/mol. The summed E-state index contributed by atoms with van der Waals surface area (Å²) in [6, 6.07) is 6.87. The number of hydrogen-bond donors (Lipinski definition) is 3. The van der Waals surface area contributed by atoms with Gasteiger partial charge in [0.15, 0.2) is 11.6 Å². The number of aryl methyl sites for hydroxylation is 3. The fourth-order valence-corrected chi connectivity index (χ4v) is 4.18. The van der Waals surface area contributed by atoms with E-state index in [1.54, 1.807) is 6.20 Å². The summed E-state index contributed by atoms with van der Waals surface area (Å²) in [6.07, 6.45) is 5.38. The molecule has 3 aromatic rings. The zero-order chi connectivity index (χ0) is 21.3. The van der Waals surface area contributed by atoms with Gasteiger partial charge < -0.3 is 10.6 Å². The number of nitrogens with one attached hydrogen (secondary N) is 3. The van der Waals surface area contributed by atoms with Crippen LogP contribution in [0.4, 0.5) is 23.3 Å². The van der Waals surface area contributed by atoms with E-state index in [0.29, 0.717) is 28.6 Å². The molecule has 1 aliphatic heterocycles. The van der Waals surface area contributed by atoms with Crippen LogP contribution in [0.15, 0.2) is 24.4 Å². The van der Waals surface area contributed by atoms with Crippen molar-refractivity contribution in [3.05, 3.63) is 51.8 Å². The van der Waals surface area contributed by atoms with Gasteiger partial charge in [-0.05, 0) is 70.0 Å². The summed E-state index contributed by atoms with van der Waals surface area (Å²) in [7, 11) is 2.22. The van der Waals surface area contributed by atoms with Crippen LogP contribution in [-0.4, -0.2) is 38.7 Å². The molecule has 0 aliphatic carbocycles. The van der Waals surface area contributed by atoms with Gasteiger partial charge >= 0.3 is 0 Å². The second-order valence-corrected chi connectivity index (χ2v) is 8.50. The summed E-state index contributed by atoms with van der Waals surface area (Å²) in [6.45, 7) is 7.40. The predicted octanol–water partition coefficient (Wildman–Crippen LogP) is 5.42. The molecule has 2 aromatic heterocycles. The summed E-state index contributed by atoms with van der Waals surface area (Å²) >= 11 is 6.27. The second-order valence-electron chi connectivity index (χ2n) is 8.09. The molecule has 0 bridgehead atoms. The van der Waals surface area contributed by atoms with E-state index in [-0.39, 0.29) is 0 Å². The van der Waals surface area contributed by atoms with Crippen LogP contribution in [0.25, 0.3) is 0 Å². The van der Waals surface area contributed by atoms with E-state index in [0.717, 1.165) is 17.9 Å². The van der Waals surface area contributed by atoms with E-state index >= 15 is 0 Å². The van der Waals surface area contributed by atoms with Crippen molar-refractivity contribution >= 4 is 34.9 Å². The van der Waals surface area contributed by atoms with Gasteiger partial charge in [-0.15, -0.1) is 0 Å². The number of anilines is 4. The van der Waals surface area contributed by atoms with Crippen molar-refractivity contribution in [1.29, 1.82) is 0 Å². The minimum atomic E-state index is 0.435. The van der Waals surface area contributed by atoms with Crippen molar-refractivity contribution in [1.82, 2.24) is 25.1 Å². The van der Waals surface area contributed by atoms with Gasteiger partial charge in [0, 0.05) is 23.5 Å². The highest BCUT2D eigenvalue weighted by molar-refractivity contribution is 6.32. The van der Waals surface area contributed by atoms with Crippen LogP contribution in [0.3, 0.4) is 0 Å². The number of aromatic amines is 1. The lowest BCUT2D eigenvalue weighted by molar-refractivity contribution is 0.187. The first-order chi connectivity index (χ1) is 14.4. The Kier molecular flexibility index (Phi) is 5.92. The molecule has 1 aromatic carbocycles. The summed E-state index contributed by atoms with van der Waals surface area (Å²) in [4.78, 5) is 11.4. The Morgan fingerprint density at radius 3 is 2.67 bits per heavy atom. The van der Waals surface area contributed by atoms with Crippen LogP contribution in [0.5, 0.6) is 0 Å². The van der Waals surface area contributed by atoms with Gasteiger partial charge in [0.2, 0.25) is 5.95 Å². The highest BCUT2D eigenvalue weighted by Crippen LogP contribution is 2.34. The summed E-state index contributed by atoms with van der Waals surface area (Å²) in [5, 5.41) is 14.0. The predicted molar refractivity (Wildman–Crippen MR) is 122 cm³/mol. The number of nitrogens with zero attached hydrogens (tertiary/aromatic N) is 4. The van der Waals surface area contributed by atoms with Gasteiger partial charge in [0.05, 0.1) is 6.20 Å². The van der Waals surface area contributed by atoms with Crippen molar-refractivity contribution in [3.63, 3.8) is 0 Å². The maximum absolute atomic E-state index is 6.27. The molecule has 1 aliphatic rings. The number of hydrogen-bond acceptors (Lipinski definition) is 6. The number of piperidine rings is 1. The zero-order valence-corrected chi connectivity index (χ0v) is 18.6. The average molecular weight is 426 g/mol. The molecule has 3 heterocycles. The molecule has 1 fully saturated rings. The molecule has 3 N–H and O–H groups in total. The largest absolute Gasteiger partial charge is 0.324 e. The first kappa shape index (κ1) is 20.6. The molecule has 0 amide bonds. The highest BCUT2D eigenvalue weighted by Gasteiger charge is 2.23. The highest BCUT2D eigenvalue weighted by atomic mass is 35.5. The van der Waals surface area contributed by atoms with E-state index < -0.39 is 0 Å². The van der Waals surface area contributed by atoms with Crippen LogP contribution in [-0.2, 0) is 0 Å². The third kappa shape index (κ3) is 4.42. The number of H-pyrrole nitrogens is 1. The number of benzene rings is 1. The van der Waals surface area contributed by atoms with E-state index in [1.165, 1.54) is 36.0 Å². The van der Waals surface area contributed by atoms with Crippen LogP contribution < -0.4 is 10.6 Å². The fraction of sp³-hybridized carbons (Fsp3) is 0.409. The summed E-state index contributed by atoms with van der Waals surface area (Å²) in [5.41, 5.74) is 5.81. The molecule has 0 radical (unpaired) electrons. The summed E-state index contributed by atoms with van der Waals surface area (Å²) < 4.78 is 0. The fourth-order valence-electron chi connectivity index (χ4n) is 4.04. The van der Waals surface area contributed by atoms with Crippen molar-refractivity contribution in [2.24, 2.45) is 0 Å². The SMILES string of the molecule is Cc1cc(Nc2nc(Nc3cc(C)c([C@@H]4CCCCN4C)cc3C)ncc2Cl)n[nH]1. The van der Waals surface area contributed by atoms with E-state index in [1.807, 2.05) is 13.0 Å². The Morgan fingerprint density at radius 2 is 1.93 bits per heavy atom. The molecule has 30 heavy (non-hydrogen) atoms. The van der Waals surface area contributed by atoms with Gasteiger partial charge in [-0.25, -0.2) is 4.98 Å². The Bertz CT molecular complexity index is 1050. The molecule has 4 rings (SSSR count). The lowest BCUT2D eigenvalue weighted by Crippen LogP contribution is -2.30. The third-order valence-electron chi connectivity index (χ3n) is 5.69. The Balaban J connectivity index is 1.56. The van der Waals surface area contributed by atoms with E-state index in [4.69, 9.17) is 11.6 Å². The maximum atomic E-state index is 6.27. The number of halogens is 1. The van der Waals surface area contributed by atoms with Crippen molar-refractivity contribution in [2.75, 3.05) is 24.2 Å². The molecule has 1 atom stereocenters.